The molecule has 2 N–H and O–H groups in total. The van der Waals surface area contributed by atoms with Gasteiger partial charge in [0, 0.05) is 6.42 Å². The molecule has 0 heterocycles. The van der Waals surface area contributed by atoms with Crippen LogP contribution in [0.2, 0.25) is 0 Å². The molecule has 0 aromatic heterocycles. The van der Waals surface area contributed by atoms with E-state index >= 15 is 0 Å². The van der Waals surface area contributed by atoms with Crippen LogP contribution in [0, 0.1) is 5.92 Å². The van der Waals surface area contributed by atoms with Crippen LogP contribution in [0.5, 0.6) is 0 Å². The molecule has 1 aromatic rings. The van der Waals surface area contributed by atoms with Crippen LogP contribution in [-0.4, -0.2) is 37.2 Å². The van der Waals surface area contributed by atoms with E-state index in [4.69, 9.17) is 9.47 Å². The number of hydrogen-bond acceptors (Lipinski definition) is 5. The van der Waals surface area contributed by atoms with Gasteiger partial charge in [-0.3, -0.25) is 4.79 Å². The lowest BCUT2D eigenvalue weighted by molar-refractivity contribution is -0.145. The average molecular weight is 455 g/mol. The van der Waals surface area contributed by atoms with Gasteiger partial charge in [0.15, 0.2) is 0 Å². The molecular weight excluding hydrogens is 428 g/mol. The predicted molar refractivity (Wildman–Crippen MR) is 110 cm³/mol. The maximum Gasteiger partial charge on any atom is 0.408 e. The van der Waals surface area contributed by atoms with Crippen LogP contribution >= 0.6 is 15.9 Å². The Bertz CT molecular complexity index is 678. The van der Waals surface area contributed by atoms with E-state index in [1.54, 1.807) is 0 Å². The number of ether oxygens (including phenoxy) is 2. The molecule has 8 heteroatoms. The topological polar surface area (TPSA) is 93.7 Å². The Labute approximate surface area is 174 Å². The van der Waals surface area contributed by atoms with E-state index in [1.165, 1.54) is 7.11 Å². The number of benzene rings is 1. The number of carbonyl (C=O) groups excluding carboxylic acids is 3. The van der Waals surface area contributed by atoms with E-state index in [0.717, 1.165) is 5.56 Å². The van der Waals surface area contributed by atoms with Gasteiger partial charge in [-0.15, -0.1) is 0 Å². The van der Waals surface area contributed by atoms with E-state index in [2.05, 4.69) is 33.1 Å². The fourth-order valence-electron chi connectivity index (χ4n) is 2.44. The smallest absolute Gasteiger partial charge is 0.408 e. The SMILES string of the molecule is C=C(Br)C[C@@H](NC(=O)[C@H](CC(C)C)NC(=O)OCc1ccccc1)C(=O)OC. The van der Waals surface area contributed by atoms with Crippen molar-refractivity contribution >= 4 is 33.9 Å². The number of alkyl carbamates (subject to hydrolysis) is 1. The third-order valence-corrected chi connectivity index (χ3v) is 4.08. The summed E-state index contributed by atoms with van der Waals surface area (Å²) in [6, 6.07) is 7.47. The van der Waals surface area contributed by atoms with Crippen LogP contribution in [0.15, 0.2) is 41.4 Å². The Morgan fingerprint density at radius 2 is 1.75 bits per heavy atom. The first kappa shape index (κ1) is 23.7. The molecule has 0 aliphatic carbocycles. The lowest BCUT2D eigenvalue weighted by Gasteiger charge is -2.23. The summed E-state index contributed by atoms with van der Waals surface area (Å²) in [5, 5.41) is 5.18. The second-order valence-electron chi connectivity index (χ2n) is 6.69. The molecule has 0 unspecified atom stereocenters. The second-order valence-corrected chi connectivity index (χ2v) is 7.82. The van der Waals surface area contributed by atoms with Gasteiger partial charge < -0.3 is 20.1 Å². The summed E-state index contributed by atoms with van der Waals surface area (Å²) in [6.45, 7) is 7.63. The second kappa shape index (κ2) is 12.2. The number of esters is 1. The van der Waals surface area contributed by atoms with Crippen LogP contribution in [-0.2, 0) is 25.7 Å². The fourth-order valence-corrected chi connectivity index (χ4v) is 2.76. The maximum atomic E-state index is 12.7. The summed E-state index contributed by atoms with van der Waals surface area (Å²) in [7, 11) is 1.24. The van der Waals surface area contributed by atoms with Crippen LogP contribution in [0.3, 0.4) is 0 Å². The first-order chi connectivity index (χ1) is 13.2. The molecule has 1 aromatic carbocycles. The van der Waals surface area contributed by atoms with Crippen molar-refractivity contribution in [2.24, 2.45) is 5.92 Å². The summed E-state index contributed by atoms with van der Waals surface area (Å²) >= 11 is 3.18. The van der Waals surface area contributed by atoms with Crippen molar-refractivity contribution < 1.29 is 23.9 Å². The number of amides is 2. The van der Waals surface area contributed by atoms with Gasteiger partial charge in [0.2, 0.25) is 5.91 Å². The van der Waals surface area contributed by atoms with E-state index in [1.807, 2.05) is 44.2 Å². The number of rotatable bonds is 10. The summed E-state index contributed by atoms with van der Waals surface area (Å²) in [5.74, 6) is -0.952. The van der Waals surface area contributed by atoms with Crippen molar-refractivity contribution in [3.8, 4) is 0 Å². The normalized spacial score (nSPS) is 12.6. The van der Waals surface area contributed by atoms with Crippen molar-refractivity contribution in [2.75, 3.05) is 7.11 Å². The predicted octanol–water partition coefficient (Wildman–Crippen LogP) is 3.28. The summed E-state index contributed by atoms with van der Waals surface area (Å²) in [4.78, 5) is 36.7. The Morgan fingerprint density at radius 1 is 1.11 bits per heavy atom. The molecule has 0 radical (unpaired) electrons. The summed E-state index contributed by atoms with van der Waals surface area (Å²) in [5.41, 5.74) is 0.837. The van der Waals surface area contributed by atoms with E-state index in [0.29, 0.717) is 10.9 Å². The third-order valence-electron chi connectivity index (χ3n) is 3.76. The molecule has 28 heavy (non-hydrogen) atoms. The van der Waals surface area contributed by atoms with Crippen molar-refractivity contribution in [3.63, 3.8) is 0 Å². The highest BCUT2D eigenvalue weighted by Crippen LogP contribution is 2.12. The molecule has 0 aliphatic heterocycles. The lowest BCUT2D eigenvalue weighted by atomic mass is 10.0. The minimum atomic E-state index is -0.902. The van der Waals surface area contributed by atoms with Gasteiger partial charge in [0.25, 0.3) is 0 Å². The Balaban J connectivity index is 2.73. The quantitative estimate of drug-likeness (QED) is 0.529. The van der Waals surface area contributed by atoms with Crippen molar-refractivity contribution in [1.82, 2.24) is 10.6 Å². The van der Waals surface area contributed by atoms with E-state index < -0.39 is 30.1 Å². The van der Waals surface area contributed by atoms with E-state index in [-0.39, 0.29) is 18.9 Å². The molecule has 7 nitrogen and oxygen atoms in total. The number of nitrogens with one attached hydrogen (secondary N) is 2. The molecule has 0 bridgehead atoms. The highest BCUT2D eigenvalue weighted by molar-refractivity contribution is 9.11. The molecule has 2 amide bonds. The van der Waals surface area contributed by atoms with Gasteiger partial charge in [-0.2, -0.15) is 0 Å². The fraction of sp³-hybridized carbons (Fsp3) is 0.450. The van der Waals surface area contributed by atoms with Crippen molar-refractivity contribution in [3.05, 3.63) is 47.0 Å². The Hall–Kier alpha value is -2.35. The lowest BCUT2D eigenvalue weighted by Crippen LogP contribution is -2.52. The van der Waals surface area contributed by atoms with E-state index in [9.17, 15) is 14.4 Å². The maximum absolute atomic E-state index is 12.7. The van der Waals surface area contributed by atoms with Gasteiger partial charge in [-0.05, 0) is 22.4 Å². The minimum Gasteiger partial charge on any atom is -0.467 e. The van der Waals surface area contributed by atoms with Crippen molar-refractivity contribution in [1.29, 1.82) is 0 Å². The zero-order valence-corrected chi connectivity index (χ0v) is 18.0. The number of halogens is 1. The van der Waals surface area contributed by atoms with Gasteiger partial charge in [0.1, 0.15) is 18.7 Å². The molecule has 0 saturated carbocycles. The number of hydrogen-bond donors (Lipinski definition) is 2. The summed E-state index contributed by atoms with van der Waals surface area (Å²) < 4.78 is 10.4. The molecule has 2 atom stereocenters. The van der Waals surface area contributed by atoms with Gasteiger partial charge in [0.05, 0.1) is 7.11 Å². The molecule has 0 spiro atoms. The first-order valence-corrected chi connectivity index (χ1v) is 9.71. The molecule has 1 rings (SSSR count). The van der Waals surface area contributed by atoms with Crippen LogP contribution in [0.1, 0.15) is 32.3 Å². The van der Waals surface area contributed by atoms with Crippen LogP contribution < -0.4 is 10.6 Å². The largest absolute Gasteiger partial charge is 0.467 e. The van der Waals surface area contributed by atoms with Crippen LogP contribution in [0.25, 0.3) is 0 Å². The highest BCUT2D eigenvalue weighted by atomic mass is 79.9. The molecular formula is C20H27BrN2O5. The molecule has 0 fully saturated rings. The van der Waals surface area contributed by atoms with Crippen LogP contribution in [0.4, 0.5) is 4.79 Å². The zero-order valence-electron chi connectivity index (χ0n) is 16.4. The molecule has 0 saturated heterocycles. The Morgan fingerprint density at radius 3 is 2.29 bits per heavy atom. The number of carbonyl (C=O) groups is 3. The van der Waals surface area contributed by atoms with Gasteiger partial charge in [-0.25, -0.2) is 9.59 Å². The highest BCUT2D eigenvalue weighted by Gasteiger charge is 2.28. The third kappa shape index (κ3) is 9.03. The minimum absolute atomic E-state index is 0.0941. The number of methoxy groups -OCH3 is 1. The summed E-state index contributed by atoms with van der Waals surface area (Å²) in [6.07, 6.45) is -0.148. The first-order valence-electron chi connectivity index (χ1n) is 8.91. The average Bonchev–Trinajstić information content (AvgIpc) is 2.64. The molecule has 154 valence electrons. The molecule has 0 aliphatic rings. The Kier molecular flexibility index (Phi) is 10.3. The van der Waals surface area contributed by atoms with Crippen molar-refractivity contribution in [2.45, 2.75) is 45.4 Å². The van der Waals surface area contributed by atoms with Gasteiger partial charge in [-0.1, -0.05) is 66.7 Å². The monoisotopic (exact) mass is 454 g/mol. The van der Waals surface area contributed by atoms with Gasteiger partial charge >= 0.3 is 12.1 Å². The zero-order chi connectivity index (χ0) is 21.1. The standard InChI is InChI=1S/C20H27BrN2O5/c1-13(2)10-16(18(24)22-17(11-14(3)21)19(25)27-4)23-20(26)28-12-15-8-6-5-7-9-15/h5-9,13,16-17H,3,10-12H2,1-2,4H3,(H,22,24)(H,23,26)/t16-,17+/m0/s1.